The lowest BCUT2D eigenvalue weighted by Gasteiger charge is -2.42. The fourth-order valence-corrected chi connectivity index (χ4v) is 3.03. The summed E-state index contributed by atoms with van der Waals surface area (Å²) in [5.74, 6) is 2.40. The van der Waals surface area contributed by atoms with Crippen molar-refractivity contribution in [2.75, 3.05) is 31.2 Å². The Morgan fingerprint density at radius 1 is 1.19 bits per heavy atom. The van der Waals surface area contributed by atoms with E-state index in [9.17, 15) is 0 Å². The molecule has 2 atom stereocenters. The molecule has 4 nitrogen and oxygen atoms in total. The van der Waals surface area contributed by atoms with Crippen LogP contribution in [-0.2, 0) is 0 Å². The van der Waals surface area contributed by atoms with Crippen molar-refractivity contribution in [3.63, 3.8) is 0 Å². The van der Waals surface area contributed by atoms with Gasteiger partial charge in [-0.15, -0.1) is 0 Å². The van der Waals surface area contributed by atoms with Crippen LogP contribution in [0.15, 0.2) is 18.2 Å². The van der Waals surface area contributed by atoms with Crippen molar-refractivity contribution in [3.05, 3.63) is 18.2 Å². The van der Waals surface area contributed by atoms with E-state index in [-0.39, 0.29) is 0 Å². The molecule has 21 heavy (non-hydrogen) atoms. The van der Waals surface area contributed by atoms with Crippen LogP contribution in [0, 0.1) is 5.92 Å². The Bertz CT molecular complexity index is 490. The second kappa shape index (κ2) is 6.14. The lowest BCUT2D eigenvalue weighted by molar-refractivity contribution is 0.297. The van der Waals surface area contributed by atoms with Crippen molar-refractivity contribution in [1.82, 2.24) is 5.32 Å². The number of ether oxygens (including phenoxy) is 2. The average molecular weight is 290 g/mol. The van der Waals surface area contributed by atoms with Crippen LogP contribution in [0.2, 0.25) is 0 Å². The molecule has 0 aromatic heterocycles. The summed E-state index contributed by atoms with van der Waals surface area (Å²) in [5.41, 5.74) is 1.24. The van der Waals surface area contributed by atoms with Gasteiger partial charge in [0.05, 0.1) is 13.2 Å². The summed E-state index contributed by atoms with van der Waals surface area (Å²) < 4.78 is 11.5. The van der Waals surface area contributed by atoms with Crippen LogP contribution < -0.4 is 19.7 Å². The molecule has 116 valence electrons. The van der Waals surface area contributed by atoms with Crippen LogP contribution >= 0.6 is 0 Å². The summed E-state index contributed by atoms with van der Waals surface area (Å²) in [7, 11) is 0. The van der Waals surface area contributed by atoms with Gasteiger partial charge in [0.1, 0.15) is 0 Å². The Kier molecular flexibility index (Phi) is 4.24. The van der Waals surface area contributed by atoms with Gasteiger partial charge in [0.25, 0.3) is 0 Å². The van der Waals surface area contributed by atoms with Crippen LogP contribution in [0.1, 0.15) is 27.2 Å². The summed E-state index contributed by atoms with van der Waals surface area (Å²) in [4.78, 5) is 2.48. The average Bonchev–Trinajstić information content (AvgIpc) is 2.72. The molecule has 1 N–H and O–H groups in total. The number of rotatable bonds is 2. The Balaban J connectivity index is 1.83. The van der Waals surface area contributed by atoms with E-state index < -0.39 is 0 Å². The molecule has 0 spiro atoms. The molecule has 1 saturated heterocycles. The first-order valence-electron chi connectivity index (χ1n) is 8.05. The molecule has 1 aromatic carbocycles. The Morgan fingerprint density at radius 2 is 1.95 bits per heavy atom. The summed E-state index contributed by atoms with van der Waals surface area (Å²) >= 11 is 0. The predicted molar refractivity (Wildman–Crippen MR) is 85.5 cm³/mol. The second-order valence-corrected chi connectivity index (χ2v) is 6.44. The molecule has 0 radical (unpaired) electrons. The lowest BCUT2D eigenvalue weighted by Crippen LogP contribution is -2.57. The Hall–Kier alpha value is -1.42. The maximum absolute atomic E-state index is 5.82. The number of fused-ring (bicyclic) bond motifs is 1. The minimum Gasteiger partial charge on any atom is -0.490 e. The summed E-state index contributed by atoms with van der Waals surface area (Å²) in [6.07, 6.45) is 0.948. The van der Waals surface area contributed by atoms with Crippen LogP contribution in [-0.4, -0.2) is 38.4 Å². The second-order valence-electron chi connectivity index (χ2n) is 6.44. The van der Waals surface area contributed by atoms with Crippen LogP contribution in [0.3, 0.4) is 0 Å². The van der Waals surface area contributed by atoms with Crippen LogP contribution in [0.4, 0.5) is 5.69 Å². The molecule has 0 bridgehead atoms. The van der Waals surface area contributed by atoms with Gasteiger partial charge in [0.2, 0.25) is 0 Å². The predicted octanol–water partition coefficient (Wildman–Crippen LogP) is 2.67. The van der Waals surface area contributed by atoms with E-state index >= 15 is 0 Å². The summed E-state index contributed by atoms with van der Waals surface area (Å²) in [5, 5.41) is 3.64. The molecule has 1 aromatic rings. The largest absolute Gasteiger partial charge is 0.490 e. The zero-order chi connectivity index (χ0) is 14.8. The van der Waals surface area contributed by atoms with Gasteiger partial charge in [-0.05, 0) is 25.0 Å². The van der Waals surface area contributed by atoms with Gasteiger partial charge < -0.3 is 19.7 Å². The molecule has 3 rings (SSSR count). The standard InChI is InChI=1S/C17H26N2O2/c1-12(2)15-11-19(13(3)10-18-15)14-5-6-16-17(9-14)21-8-4-7-20-16/h5-6,9,12-13,15,18H,4,7-8,10-11H2,1-3H3. The molecule has 0 aliphatic carbocycles. The third-order valence-corrected chi connectivity index (χ3v) is 4.47. The van der Waals surface area contributed by atoms with Gasteiger partial charge in [-0.25, -0.2) is 0 Å². The van der Waals surface area contributed by atoms with Gasteiger partial charge in [-0.1, -0.05) is 13.8 Å². The van der Waals surface area contributed by atoms with E-state index in [1.165, 1.54) is 5.69 Å². The fourth-order valence-electron chi connectivity index (χ4n) is 3.03. The van der Waals surface area contributed by atoms with E-state index in [1.807, 2.05) is 0 Å². The van der Waals surface area contributed by atoms with Crippen molar-refractivity contribution >= 4 is 5.69 Å². The fraction of sp³-hybridized carbons (Fsp3) is 0.647. The van der Waals surface area contributed by atoms with Crippen molar-refractivity contribution in [1.29, 1.82) is 0 Å². The normalized spacial score (nSPS) is 25.8. The molecule has 0 saturated carbocycles. The summed E-state index contributed by atoms with van der Waals surface area (Å²) in [6.45, 7) is 10.4. The topological polar surface area (TPSA) is 33.7 Å². The van der Waals surface area contributed by atoms with Gasteiger partial charge in [-0.2, -0.15) is 0 Å². The number of benzene rings is 1. The monoisotopic (exact) mass is 290 g/mol. The number of piperazine rings is 1. The van der Waals surface area contributed by atoms with E-state index in [2.05, 4.69) is 49.2 Å². The molecule has 2 unspecified atom stereocenters. The molecule has 2 aliphatic rings. The molecular weight excluding hydrogens is 264 g/mol. The van der Waals surface area contributed by atoms with E-state index in [0.717, 1.165) is 44.2 Å². The number of nitrogens with one attached hydrogen (secondary N) is 1. The zero-order valence-electron chi connectivity index (χ0n) is 13.3. The maximum atomic E-state index is 5.82. The number of nitrogens with zero attached hydrogens (tertiary/aromatic N) is 1. The van der Waals surface area contributed by atoms with Crippen molar-refractivity contribution in [2.45, 2.75) is 39.3 Å². The van der Waals surface area contributed by atoms with Gasteiger partial charge in [0, 0.05) is 43.3 Å². The van der Waals surface area contributed by atoms with Gasteiger partial charge in [0.15, 0.2) is 11.5 Å². The first kappa shape index (κ1) is 14.5. The minimum absolute atomic E-state index is 0.491. The number of hydrogen-bond acceptors (Lipinski definition) is 4. The van der Waals surface area contributed by atoms with Gasteiger partial charge >= 0.3 is 0 Å². The molecule has 1 fully saturated rings. The van der Waals surface area contributed by atoms with E-state index in [0.29, 0.717) is 18.0 Å². The molecular formula is C17H26N2O2. The zero-order valence-corrected chi connectivity index (χ0v) is 13.3. The third kappa shape index (κ3) is 3.10. The molecule has 0 amide bonds. The molecule has 2 aliphatic heterocycles. The molecule has 2 heterocycles. The Labute approximate surface area is 127 Å². The van der Waals surface area contributed by atoms with Gasteiger partial charge in [-0.3, -0.25) is 0 Å². The number of hydrogen-bond donors (Lipinski definition) is 1. The van der Waals surface area contributed by atoms with E-state index in [4.69, 9.17) is 9.47 Å². The highest BCUT2D eigenvalue weighted by atomic mass is 16.5. The highest BCUT2D eigenvalue weighted by Crippen LogP contribution is 2.34. The highest BCUT2D eigenvalue weighted by molar-refractivity contribution is 5.57. The molecule has 4 heteroatoms. The summed E-state index contributed by atoms with van der Waals surface area (Å²) in [6, 6.07) is 7.38. The SMILES string of the molecule is CC(C)C1CN(c2ccc3c(c2)OCCCO3)C(C)CN1. The van der Waals surface area contributed by atoms with Crippen LogP contribution in [0.5, 0.6) is 11.5 Å². The smallest absolute Gasteiger partial charge is 0.163 e. The van der Waals surface area contributed by atoms with E-state index in [1.54, 1.807) is 0 Å². The quantitative estimate of drug-likeness (QED) is 0.908. The number of anilines is 1. The third-order valence-electron chi connectivity index (χ3n) is 4.47. The van der Waals surface area contributed by atoms with Crippen LogP contribution in [0.25, 0.3) is 0 Å². The first-order chi connectivity index (χ1) is 10.1. The maximum Gasteiger partial charge on any atom is 0.163 e. The minimum atomic E-state index is 0.491. The Morgan fingerprint density at radius 3 is 2.71 bits per heavy atom. The van der Waals surface area contributed by atoms with Crippen molar-refractivity contribution in [3.8, 4) is 11.5 Å². The van der Waals surface area contributed by atoms with Crippen molar-refractivity contribution in [2.24, 2.45) is 5.92 Å². The van der Waals surface area contributed by atoms with Crippen molar-refractivity contribution < 1.29 is 9.47 Å². The first-order valence-corrected chi connectivity index (χ1v) is 8.05. The highest BCUT2D eigenvalue weighted by Gasteiger charge is 2.27. The lowest BCUT2D eigenvalue weighted by atomic mass is 9.99.